The number of fused-ring (bicyclic) bond motifs is 2. The molecule has 8 atom stereocenters. The molecule has 5 fully saturated rings. The highest BCUT2D eigenvalue weighted by atomic mass is 16.5. The van der Waals surface area contributed by atoms with Crippen molar-refractivity contribution in [3.05, 3.63) is 41.5 Å². The lowest BCUT2D eigenvalue weighted by atomic mass is 9.58. The van der Waals surface area contributed by atoms with Crippen molar-refractivity contribution in [1.82, 2.24) is 0 Å². The smallest absolute Gasteiger partial charge is 0.321 e. The van der Waals surface area contributed by atoms with Gasteiger partial charge in [0, 0.05) is 24.4 Å². The van der Waals surface area contributed by atoms with Crippen LogP contribution in [0, 0.1) is 11.3 Å². The topological polar surface area (TPSA) is 63.0 Å². The van der Waals surface area contributed by atoms with Crippen LogP contribution in [-0.2, 0) is 14.9 Å². The van der Waals surface area contributed by atoms with Gasteiger partial charge in [-0.15, -0.1) is 0 Å². The maximum Gasteiger partial charge on any atom is 0.321 e. The first-order valence-electron chi connectivity index (χ1n) is 9.73. The monoisotopic (exact) mass is 353 g/mol. The summed E-state index contributed by atoms with van der Waals surface area (Å²) in [6.45, 7) is 3.06. The van der Waals surface area contributed by atoms with Gasteiger partial charge in [-0.2, -0.15) is 0 Å². The van der Waals surface area contributed by atoms with E-state index in [1.807, 2.05) is 6.07 Å². The first-order chi connectivity index (χ1) is 12.6. The molecule has 1 aromatic carbocycles. The molecule has 0 radical (unpaired) electrons. The number of anilines is 1. The van der Waals surface area contributed by atoms with Gasteiger partial charge < -0.3 is 20.1 Å². The van der Waals surface area contributed by atoms with Crippen molar-refractivity contribution in [3.63, 3.8) is 0 Å². The van der Waals surface area contributed by atoms with E-state index in [-0.39, 0.29) is 29.4 Å². The third kappa shape index (κ3) is 1.28. The highest BCUT2D eigenvalue weighted by molar-refractivity contribution is 5.83. The second-order valence-electron chi connectivity index (χ2n) is 8.80. The quantitative estimate of drug-likeness (QED) is 0.501. The number of benzene rings is 1. The number of methoxy groups -OCH3 is 1. The Bertz CT molecular complexity index is 867. The van der Waals surface area contributed by atoms with Crippen LogP contribution in [0.4, 0.5) is 5.69 Å². The lowest BCUT2D eigenvalue weighted by molar-refractivity contribution is -0.970. The van der Waals surface area contributed by atoms with E-state index in [4.69, 9.17) is 4.74 Å². The summed E-state index contributed by atoms with van der Waals surface area (Å²) in [4.78, 5) is 14.7. The lowest BCUT2D eigenvalue weighted by Crippen LogP contribution is -3.26. The van der Waals surface area contributed by atoms with E-state index in [0.29, 0.717) is 6.04 Å². The van der Waals surface area contributed by atoms with Crippen LogP contribution in [0.1, 0.15) is 25.3 Å². The fourth-order valence-corrected chi connectivity index (χ4v) is 7.76. The zero-order valence-corrected chi connectivity index (χ0v) is 15.2. The summed E-state index contributed by atoms with van der Waals surface area (Å²) in [7, 11) is 1.47. The average molecular weight is 353 g/mol. The van der Waals surface area contributed by atoms with Crippen molar-refractivity contribution in [2.75, 3.05) is 19.0 Å². The summed E-state index contributed by atoms with van der Waals surface area (Å²) in [5.41, 5.74) is 2.47. The van der Waals surface area contributed by atoms with E-state index in [2.05, 4.69) is 36.5 Å². The normalized spacial score (nSPS) is 50.5. The van der Waals surface area contributed by atoms with Gasteiger partial charge in [0.1, 0.15) is 12.1 Å². The molecule has 0 aromatic heterocycles. The molecule has 7 rings (SSSR count). The van der Waals surface area contributed by atoms with E-state index in [9.17, 15) is 9.90 Å². The lowest BCUT2D eigenvalue weighted by Gasteiger charge is -2.57. The summed E-state index contributed by atoms with van der Waals surface area (Å²) in [6.07, 6.45) is 3.26. The van der Waals surface area contributed by atoms with E-state index in [1.165, 1.54) is 23.1 Å². The Morgan fingerprint density at radius 3 is 3.00 bits per heavy atom. The number of rotatable bonds is 1. The predicted molar refractivity (Wildman–Crippen MR) is 95.9 cm³/mol. The maximum absolute atomic E-state index is 13.3. The van der Waals surface area contributed by atoms with Crippen molar-refractivity contribution < 1.29 is 19.5 Å². The number of esters is 1. The number of hydrogen-bond donors (Lipinski definition) is 3. The Morgan fingerprint density at radius 2 is 2.23 bits per heavy atom. The fourth-order valence-electron chi connectivity index (χ4n) is 7.76. The Kier molecular flexibility index (Phi) is 2.65. The Morgan fingerprint density at radius 1 is 1.42 bits per heavy atom. The molecule has 5 bridgehead atoms. The van der Waals surface area contributed by atoms with Crippen LogP contribution < -0.4 is 10.2 Å². The number of aliphatic hydroxyl groups excluding tert-OH is 1. The summed E-state index contributed by atoms with van der Waals surface area (Å²) in [5.74, 6) is -0.113. The van der Waals surface area contributed by atoms with Crippen molar-refractivity contribution in [2.45, 2.75) is 49.4 Å². The van der Waals surface area contributed by atoms with Crippen LogP contribution in [-0.4, -0.2) is 49.0 Å². The fraction of sp³-hybridized carbons (Fsp3) is 0.571. The maximum atomic E-state index is 13.3. The van der Waals surface area contributed by atoms with Crippen molar-refractivity contribution in [3.8, 4) is 0 Å². The molecule has 1 unspecified atom stereocenters. The van der Waals surface area contributed by atoms with Gasteiger partial charge in [0.25, 0.3) is 0 Å². The largest absolute Gasteiger partial charge is 0.468 e. The molecule has 1 saturated carbocycles. The number of aliphatic hydroxyl groups is 1. The summed E-state index contributed by atoms with van der Waals surface area (Å²) >= 11 is 0. The molecule has 3 N–H and O–H groups in total. The second-order valence-corrected chi connectivity index (χ2v) is 8.80. The number of quaternary nitrogens is 1. The van der Waals surface area contributed by atoms with Crippen LogP contribution in [0.5, 0.6) is 0 Å². The number of ether oxygens (including phenoxy) is 1. The zero-order valence-electron chi connectivity index (χ0n) is 15.2. The number of allylic oxidation sites excluding steroid dienone is 1. The molecule has 136 valence electrons. The summed E-state index contributed by atoms with van der Waals surface area (Å²) in [5, 5.41) is 15.7. The van der Waals surface area contributed by atoms with Gasteiger partial charge in [0.15, 0.2) is 5.41 Å². The van der Waals surface area contributed by atoms with E-state index in [0.717, 1.165) is 25.1 Å². The molecule has 0 amide bonds. The van der Waals surface area contributed by atoms with Gasteiger partial charge in [0.05, 0.1) is 31.2 Å². The molecule has 5 heterocycles. The average Bonchev–Trinajstić information content (AvgIpc) is 3.13. The molecule has 26 heavy (non-hydrogen) atoms. The van der Waals surface area contributed by atoms with Crippen molar-refractivity contribution in [1.29, 1.82) is 0 Å². The third-order valence-corrected chi connectivity index (χ3v) is 8.51. The minimum atomic E-state index is -0.811. The molecular weight excluding hydrogens is 328 g/mol. The summed E-state index contributed by atoms with van der Waals surface area (Å²) in [6, 6.07) is 9.12. The molecule has 1 aromatic rings. The van der Waals surface area contributed by atoms with Gasteiger partial charge in [-0.1, -0.05) is 24.3 Å². The molecule has 5 nitrogen and oxygen atoms in total. The van der Waals surface area contributed by atoms with Crippen LogP contribution in [0.2, 0.25) is 0 Å². The molecule has 1 aliphatic carbocycles. The van der Waals surface area contributed by atoms with Crippen LogP contribution >= 0.6 is 0 Å². The van der Waals surface area contributed by atoms with E-state index in [1.54, 1.807) is 0 Å². The number of carbonyl (C=O) groups is 1. The molecule has 5 aliphatic heterocycles. The Labute approximate surface area is 153 Å². The highest BCUT2D eigenvalue weighted by Gasteiger charge is 2.84. The van der Waals surface area contributed by atoms with E-state index < -0.39 is 11.5 Å². The van der Waals surface area contributed by atoms with Gasteiger partial charge in [-0.05, 0) is 24.1 Å². The van der Waals surface area contributed by atoms with Gasteiger partial charge in [-0.25, -0.2) is 0 Å². The van der Waals surface area contributed by atoms with Gasteiger partial charge in [-0.3, -0.25) is 4.79 Å². The number of piperidine rings is 4. The number of carbonyl (C=O) groups excluding carboxylic acids is 1. The number of hydrogen-bond acceptors (Lipinski definition) is 4. The van der Waals surface area contributed by atoms with Crippen molar-refractivity contribution >= 4 is 11.7 Å². The molecular formula is C21H25N2O3+. The van der Waals surface area contributed by atoms with Crippen molar-refractivity contribution in [2.24, 2.45) is 11.3 Å². The Balaban J connectivity index is 1.65. The predicted octanol–water partition coefficient (Wildman–Crippen LogP) is 0.258. The first-order valence-corrected chi connectivity index (χ1v) is 9.73. The SMILES string of the molecule is C/C=C1\C[NH+]2[C@@H]3C[C@H]1[C@@]1(C(=O)OC)[C@H](O)[C@@]4(C[C@@H]21)c1ccccc1N[C@@H]34. The number of para-hydroxylation sites is 1. The molecule has 1 spiro atoms. The minimum absolute atomic E-state index is 0.0985. The first kappa shape index (κ1) is 15.2. The van der Waals surface area contributed by atoms with Crippen LogP contribution in [0.15, 0.2) is 35.9 Å². The highest BCUT2D eigenvalue weighted by Crippen LogP contribution is 2.67. The van der Waals surface area contributed by atoms with Gasteiger partial charge in [0.2, 0.25) is 0 Å². The molecule has 5 heteroatoms. The van der Waals surface area contributed by atoms with Crippen LogP contribution in [0.25, 0.3) is 0 Å². The van der Waals surface area contributed by atoms with Gasteiger partial charge >= 0.3 is 5.97 Å². The standard InChI is InChI=1S/C21H24N2O3/c1-3-11-10-23-15-8-13(11)21(19(25)26-2)16(23)9-20(18(21)24)12-6-4-5-7-14(12)22-17(15)20/h3-7,13,15-18,22,24H,8-10H2,1-2H3/p+1/b11-3+/t13-,15-,16-,17+,18-,20+,21+/m1/s1. The molecule has 4 saturated heterocycles. The Hall–Kier alpha value is -1.85. The van der Waals surface area contributed by atoms with E-state index >= 15 is 0 Å². The van der Waals surface area contributed by atoms with Crippen LogP contribution in [0.3, 0.4) is 0 Å². The second kappa shape index (κ2) is 4.52. The zero-order chi connectivity index (χ0) is 17.8. The summed E-state index contributed by atoms with van der Waals surface area (Å²) < 4.78 is 5.35. The minimum Gasteiger partial charge on any atom is -0.468 e. The molecule has 6 aliphatic rings. The number of nitrogens with one attached hydrogen (secondary N) is 2. The third-order valence-electron chi connectivity index (χ3n) is 8.51.